The van der Waals surface area contributed by atoms with E-state index in [1.807, 2.05) is 42.5 Å². The van der Waals surface area contributed by atoms with Gasteiger partial charge in [-0.3, -0.25) is 0 Å². The molecule has 0 saturated heterocycles. The van der Waals surface area contributed by atoms with Gasteiger partial charge in [-0.2, -0.15) is 4.98 Å². The Morgan fingerprint density at radius 1 is 1.00 bits per heavy atom. The van der Waals surface area contributed by atoms with Crippen LogP contribution in [0, 0.1) is 0 Å². The first-order chi connectivity index (χ1) is 13.7. The summed E-state index contributed by atoms with van der Waals surface area (Å²) in [4.78, 5) is 9.21. The first-order valence-corrected chi connectivity index (χ1v) is 9.71. The number of aromatic nitrogens is 3. The molecule has 0 unspecified atom stereocenters. The molecule has 2 aromatic carbocycles. The highest BCUT2D eigenvalue weighted by Crippen LogP contribution is 2.37. The first kappa shape index (κ1) is 18.2. The van der Waals surface area contributed by atoms with Crippen molar-refractivity contribution in [3.05, 3.63) is 52.9 Å². The number of nitrogens with zero attached hydrogens (tertiary/aromatic N) is 3. The van der Waals surface area contributed by atoms with Crippen molar-refractivity contribution in [3.63, 3.8) is 0 Å². The zero-order chi connectivity index (χ0) is 19.5. The van der Waals surface area contributed by atoms with E-state index in [4.69, 9.17) is 14.0 Å². The van der Waals surface area contributed by atoms with Crippen molar-refractivity contribution in [2.45, 2.75) is 13.3 Å². The molecule has 6 nitrogen and oxygen atoms in total. The maximum Gasteiger partial charge on any atom is 0.262 e. The van der Waals surface area contributed by atoms with Crippen molar-refractivity contribution in [3.8, 4) is 45.6 Å². The van der Waals surface area contributed by atoms with Gasteiger partial charge in [0.1, 0.15) is 0 Å². The van der Waals surface area contributed by atoms with Crippen LogP contribution in [0.15, 0.2) is 52.4 Å². The van der Waals surface area contributed by atoms with Gasteiger partial charge in [-0.1, -0.05) is 36.3 Å². The predicted octanol–water partition coefficient (Wildman–Crippen LogP) is 5.11. The standard InChI is InChI=1S/C21H19N3O3S/c1-4-18-22-16(12-28-18)13-7-5-8-14(11-13)20-23-21(27-24-20)15-9-6-10-17(25-2)19(15)26-3/h5-12H,4H2,1-3H3. The van der Waals surface area contributed by atoms with Crippen LogP contribution in [0.5, 0.6) is 11.5 Å². The van der Waals surface area contributed by atoms with Crippen LogP contribution in [0.2, 0.25) is 0 Å². The van der Waals surface area contributed by atoms with Gasteiger partial charge in [0, 0.05) is 16.5 Å². The number of aryl methyl sites for hydroxylation is 1. The third kappa shape index (κ3) is 3.36. The molecule has 0 fully saturated rings. The number of benzene rings is 2. The molecule has 2 heterocycles. The molecule has 2 aromatic heterocycles. The Bertz CT molecular complexity index is 1100. The van der Waals surface area contributed by atoms with Gasteiger partial charge in [0.05, 0.1) is 30.5 Å². The summed E-state index contributed by atoms with van der Waals surface area (Å²) < 4.78 is 16.3. The Labute approximate surface area is 166 Å². The molecule has 7 heteroatoms. The molecule has 0 aliphatic rings. The fourth-order valence-corrected chi connectivity index (χ4v) is 3.68. The Balaban J connectivity index is 1.70. The van der Waals surface area contributed by atoms with Crippen LogP contribution in [-0.2, 0) is 6.42 Å². The van der Waals surface area contributed by atoms with Crippen LogP contribution in [0.4, 0.5) is 0 Å². The van der Waals surface area contributed by atoms with Crippen molar-refractivity contribution in [1.29, 1.82) is 0 Å². The summed E-state index contributed by atoms with van der Waals surface area (Å²) in [5.41, 5.74) is 3.53. The molecule has 4 aromatic rings. The Kier molecular flexibility index (Phi) is 5.08. The topological polar surface area (TPSA) is 70.3 Å². The van der Waals surface area contributed by atoms with Gasteiger partial charge >= 0.3 is 0 Å². The second-order valence-electron chi connectivity index (χ2n) is 6.03. The largest absolute Gasteiger partial charge is 0.493 e. The molecule has 0 bridgehead atoms. The molecule has 0 atom stereocenters. The summed E-state index contributed by atoms with van der Waals surface area (Å²) in [7, 11) is 3.18. The highest BCUT2D eigenvalue weighted by Gasteiger charge is 2.18. The lowest BCUT2D eigenvalue weighted by atomic mass is 10.1. The molecule has 0 aliphatic carbocycles. The lowest BCUT2D eigenvalue weighted by molar-refractivity contribution is 0.353. The van der Waals surface area contributed by atoms with Crippen molar-refractivity contribution in [2.75, 3.05) is 14.2 Å². The number of hydrogen-bond acceptors (Lipinski definition) is 7. The van der Waals surface area contributed by atoms with Crippen molar-refractivity contribution >= 4 is 11.3 Å². The molecule has 28 heavy (non-hydrogen) atoms. The number of hydrogen-bond donors (Lipinski definition) is 0. The summed E-state index contributed by atoms with van der Waals surface area (Å²) in [5.74, 6) is 2.05. The smallest absolute Gasteiger partial charge is 0.262 e. The minimum atomic E-state index is 0.373. The summed E-state index contributed by atoms with van der Waals surface area (Å²) in [5, 5.41) is 7.34. The first-order valence-electron chi connectivity index (χ1n) is 8.83. The molecular formula is C21H19N3O3S. The minimum Gasteiger partial charge on any atom is -0.493 e. The number of thiazole rings is 1. The van der Waals surface area contributed by atoms with E-state index in [0.29, 0.717) is 28.8 Å². The lowest BCUT2D eigenvalue weighted by Crippen LogP contribution is -1.93. The van der Waals surface area contributed by atoms with Gasteiger partial charge in [-0.05, 0) is 24.6 Å². The Morgan fingerprint density at radius 2 is 1.82 bits per heavy atom. The van der Waals surface area contributed by atoms with Gasteiger partial charge in [0.2, 0.25) is 5.82 Å². The Morgan fingerprint density at radius 3 is 2.57 bits per heavy atom. The average molecular weight is 393 g/mol. The van der Waals surface area contributed by atoms with Crippen LogP contribution in [0.1, 0.15) is 11.9 Å². The number of para-hydroxylation sites is 1. The van der Waals surface area contributed by atoms with Gasteiger partial charge < -0.3 is 14.0 Å². The van der Waals surface area contributed by atoms with Crippen LogP contribution < -0.4 is 9.47 Å². The van der Waals surface area contributed by atoms with E-state index in [9.17, 15) is 0 Å². The third-order valence-corrected chi connectivity index (χ3v) is 5.32. The molecule has 4 rings (SSSR count). The number of ether oxygens (including phenoxy) is 2. The van der Waals surface area contributed by atoms with Crippen molar-refractivity contribution < 1.29 is 14.0 Å². The van der Waals surface area contributed by atoms with E-state index in [0.717, 1.165) is 28.2 Å². The lowest BCUT2D eigenvalue weighted by Gasteiger charge is -2.09. The second kappa shape index (κ2) is 7.82. The van der Waals surface area contributed by atoms with E-state index in [1.165, 1.54) is 0 Å². The second-order valence-corrected chi connectivity index (χ2v) is 6.97. The number of rotatable bonds is 6. The highest BCUT2D eigenvalue weighted by atomic mass is 32.1. The van der Waals surface area contributed by atoms with Gasteiger partial charge in [-0.25, -0.2) is 4.98 Å². The van der Waals surface area contributed by atoms with Gasteiger partial charge in [-0.15, -0.1) is 11.3 Å². The average Bonchev–Trinajstić information content (AvgIpc) is 3.43. The molecule has 0 amide bonds. The zero-order valence-electron chi connectivity index (χ0n) is 15.8. The molecule has 142 valence electrons. The van der Waals surface area contributed by atoms with E-state index in [2.05, 4.69) is 27.4 Å². The maximum atomic E-state index is 5.50. The summed E-state index contributed by atoms with van der Waals surface area (Å²) in [6.45, 7) is 2.10. The van der Waals surface area contributed by atoms with E-state index in [-0.39, 0.29) is 0 Å². The summed E-state index contributed by atoms with van der Waals surface area (Å²) >= 11 is 1.67. The molecule has 0 saturated carbocycles. The van der Waals surface area contributed by atoms with E-state index in [1.54, 1.807) is 25.6 Å². The quantitative estimate of drug-likeness (QED) is 0.453. The number of methoxy groups -OCH3 is 2. The molecular weight excluding hydrogens is 374 g/mol. The van der Waals surface area contributed by atoms with E-state index >= 15 is 0 Å². The van der Waals surface area contributed by atoms with Crippen LogP contribution in [0.25, 0.3) is 34.1 Å². The molecule has 0 spiro atoms. The monoisotopic (exact) mass is 393 g/mol. The fraction of sp³-hybridized carbons (Fsp3) is 0.190. The van der Waals surface area contributed by atoms with Gasteiger partial charge in [0.15, 0.2) is 11.5 Å². The van der Waals surface area contributed by atoms with Crippen LogP contribution >= 0.6 is 11.3 Å². The summed E-state index contributed by atoms with van der Waals surface area (Å²) in [6.07, 6.45) is 0.931. The highest BCUT2D eigenvalue weighted by molar-refractivity contribution is 7.09. The normalized spacial score (nSPS) is 10.8. The predicted molar refractivity (Wildman–Crippen MR) is 109 cm³/mol. The molecule has 0 radical (unpaired) electrons. The fourth-order valence-electron chi connectivity index (χ4n) is 2.93. The third-order valence-electron chi connectivity index (χ3n) is 4.33. The maximum absolute atomic E-state index is 5.50. The van der Waals surface area contributed by atoms with Crippen molar-refractivity contribution in [2.24, 2.45) is 0 Å². The van der Waals surface area contributed by atoms with Crippen LogP contribution in [0.3, 0.4) is 0 Å². The Hall–Kier alpha value is -3.19. The van der Waals surface area contributed by atoms with E-state index < -0.39 is 0 Å². The van der Waals surface area contributed by atoms with Crippen LogP contribution in [-0.4, -0.2) is 29.3 Å². The SMILES string of the molecule is CCc1nc(-c2cccc(-c3noc(-c4cccc(OC)c4OC)n3)c2)cs1. The zero-order valence-corrected chi connectivity index (χ0v) is 16.6. The molecule has 0 aliphatic heterocycles. The van der Waals surface area contributed by atoms with Gasteiger partial charge in [0.25, 0.3) is 5.89 Å². The summed E-state index contributed by atoms with van der Waals surface area (Å²) in [6, 6.07) is 13.5. The molecule has 0 N–H and O–H groups in total. The minimum absolute atomic E-state index is 0.373. The van der Waals surface area contributed by atoms with Crippen molar-refractivity contribution in [1.82, 2.24) is 15.1 Å².